The van der Waals surface area contributed by atoms with Gasteiger partial charge in [-0.1, -0.05) is 70.0 Å². The van der Waals surface area contributed by atoms with E-state index < -0.39 is 35.2 Å². The molecule has 0 bridgehead atoms. The third-order valence-corrected chi connectivity index (χ3v) is 17.9. The molecule has 4 aliphatic rings. The topological polar surface area (TPSA) is 167 Å². The summed E-state index contributed by atoms with van der Waals surface area (Å²) in [7, 11) is 3.75. The number of imidazole rings is 1. The van der Waals surface area contributed by atoms with Crippen LogP contribution in [0.4, 0.5) is 0 Å². The van der Waals surface area contributed by atoms with Crippen molar-refractivity contribution >= 4 is 72.7 Å². The van der Waals surface area contributed by atoms with E-state index in [1.54, 1.807) is 11.3 Å². The second-order valence-electron chi connectivity index (χ2n) is 22.5. The highest BCUT2D eigenvalue weighted by Gasteiger charge is 2.54. The fourth-order valence-electron chi connectivity index (χ4n) is 11.9. The minimum Gasteiger partial charge on any atom is -0.391 e. The highest BCUT2D eigenvalue weighted by atomic mass is 79.9. The molecule has 2 saturated carbocycles. The van der Waals surface area contributed by atoms with E-state index in [2.05, 4.69) is 70.5 Å². The molecule has 2 aliphatic heterocycles. The van der Waals surface area contributed by atoms with Crippen LogP contribution in [0, 0.1) is 12.3 Å². The summed E-state index contributed by atoms with van der Waals surface area (Å²) in [5.41, 5.74) is 7.54. The molecule has 15 nitrogen and oxygen atoms in total. The molecule has 6 aromatic rings. The maximum atomic E-state index is 14.5. The number of nitrogens with one attached hydrogen (secondary N) is 2. The number of likely N-dealkylation sites (tertiary alicyclic amines) is 2. The number of carbonyl (C=O) groups is 3. The number of thiazole rings is 1. The van der Waals surface area contributed by atoms with E-state index in [1.165, 1.54) is 23.3 Å². The van der Waals surface area contributed by atoms with Crippen LogP contribution in [-0.4, -0.2) is 133 Å². The van der Waals surface area contributed by atoms with Crippen LogP contribution in [0.1, 0.15) is 120 Å². The fourth-order valence-corrected chi connectivity index (χ4v) is 13.2. The zero-order valence-corrected chi connectivity index (χ0v) is 45.6. The van der Waals surface area contributed by atoms with Crippen LogP contribution in [-0.2, 0) is 19.1 Å². The number of β-amino-alcohol motifs (C(OH)–C–C–N with tert-alkyl or cyclic N) is 1. The number of amides is 3. The lowest BCUT2D eigenvalue weighted by Gasteiger charge is -2.37. The molecule has 3 aromatic carbocycles. The number of hydrogen-bond donors (Lipinski definition) is 3. The lowest BCUT2D eigenvalue weighted by atomic mass is 9.85. The van der Waals surface area contributed by atoms with E-state index in [0.717, 1.165) is 93.8 Å². The number of aliphatic hydroxyl groups is 1. The zero-order valence-electron chi connectivity index (χ0n) is 43.2. The van der Waals surface area contributed by atoms with Gasteiger partial charge in [-0.2, -0.15) is 4.98 Å². The molecule has 5 atom stereocenters. The number of piperidine rings is 1. The molecule has 0 spiro atoms. The van der Waals surface area contributed by atoms with Crippen LogP contribution in [0.15, 0.2) is 75.4 Å². The summed E-state index contributed by atoms with van der Waals surface area (Å²) in [5, 5.41) is 17.9. The Hall–Kier alpha value is -5.04. The summed E-state index contributed by atoms with van der Waals surface area (Å²) in [6.45, 7) is 12.5. The molecule has 0 radical (unpaired) electrons. The molecule has 3 N–H and O–H groups in total. The maximum absolute atomic E-state index is 14.5. The van der Waals surface area contributed by atoms with Crippen molar-refractivity contribution in [1.29, 1.82) is 0 Å². The third kappa shape index (κ3) is 10.1. The Morgan fingerprint density at radius 2 is 1.70 bits per heavy atom. The monoisotopic (exact) mass is 1080 g/mol. The van der Waals surface area contributed by atoms with Gasteiger partial charge in [0.1, 0.15) is 12.1 Å². The van der Waals surface area contributed by atoms with E-state index >= 15 is 0 Å². The minimum absolute atomic E-state index is 0.00871. The van der Waals surface area contributed by atoms with Gasteiger partial charge in [0.15, 0.2) is 0 Å². The Kier molecular flexibility index (Phi) is 14.5. The first-order valence-corrected chi connectivity index (χ1v) is 27.9. The number of aryl methyl sites for hydroxylation is 1. The fraction of sp³-hybridized carbons (Fsp3) is 0.536. The van der Waals surface area contributed by atoms with E-state index in [-0.39, 0.29) is 49.0 Å². The number of carbonyl (C=O) groups excluding carboxylic acids is 3. The van der Waals surface area contributed by atoms with Crippen molar-refractivity contribution < 1.29 is 24.2 Å². The number of ether oxygens (including phenoxy) is 1. The normalized spacial score (nSPS) is 21.1. The number of aromatic nitrogens is 4. The van der Waals surface area contributed by atoms with Gasteiger partial charge in [-0.05, 0) is 148 Å². The molecule has 3 amide bonds. The average Bonchev–Trinajstić information content (AvgIpc) is 3.66. The quantitative estimate of drug-likeness (QED) is 0.0914. The van der Waals surface area contributed by atoms with Gasteiger partial charge >= 0.3 is 0 Å². The molecule has 5 heterocycles. The van der Waals surface area contributed by atoms with Crippen LogP contribution < -0.4 is 16.2 Å². The number of rotatable bonds is 15. The number of fused-ring (bicyclic) bond motifs is 5. The van der Waals surface area contributed by atoms with Crippen molar-refractivity contribution in [3.63, 3.8) is 0 Å². The Morgan fingerprint density at radius 1 is 0.973 bits per heavy atom. The van der Waals surface area contributed by atoms with Gasteiger partial charge in [-0.3, -0.25) is 28.5 Å². The molecule has 73 heavy (non-hydrogen) atoms. The predicted octanol–water partition coefficient (Wildman–Crippen LogP) is 8.14. The minimum atomic E-state index is -0.941. The lowest BCUT2D eigenvalue weighted by Crippen LogP contribution is -2.60. The highest BCUT2D eigenvalue weighted by molar-refractivity contribution is 9.10. The smallest absolute Gasteiger partial charge is 0.283 e. The molecular formula is C56H70BrN9O6S. The predicted molar refractivity (Wildman–Crippen MR) is 290 cm³/mol. The van der Waals surface area contributed by atoms with Gasteiger partial charge in [0.05, 0.1) is 68.4 Å². The zero-order chi connectivity index (χ0) is 51.5. The van der Waals surface area contributed by atoms with Crippen LogP contribution >= 0.6 is 27.3 Å². The van der Waals surface area contributed by atoms with E-state index in [9.17, 15) is 24.3 Å². The Balaban J connectivity index is 0.826. The van der Waals surface area contributed by atoms with Crippen molar-refractivity contribution in [2.45, 2.75) is 140 Å². The van der Waals surface area contributed by atoms with E-state index in [0.29, 0.717) is 30.2 Å². The highest BCUT2D eigenvalue weighted by Crippen LogP contribution is 2.42. The first-order valence-electron chi connectivity index (χ1n) is 26.2. The lowest BCUT2D eigenvalue weighted by molar-refractivity contribution is -0.145. The number of hydrogen-bond acceptors (Lipinski definition) is 11. The molecule has 5 unspecified atom stereocenters. The summed E-state index contributed by atoms with van der Waals surface area (Å²) in [6.07, 6.45) is 6.93. The number of aliphatic hydroxyl groups excluding tert-OH is 1. The molecule has 388 valence electrons. The standard InChI is InChI=1S/C56H70BrN9O6S/c1-33(29-63-25-21-35(22-26-63)38-19-20-43-45(27-38)65(39-11-8-9-12-39)54-61-51(69)47-41(57)13-10-14-44(47)66(43)54)72-31-42(36-15-17-37(18-16-36)48-34(2)58-32-73-48)59-50(68)46-28-40(67)30-64(46)52(70)49(55(3,4)5)60-53(71)56(23-24-56)62(6)7/h10,13-20,27,32-33,35,39-40,42,46,49,67H,8-9,11-12,21-26,28-31H2,1-7H3,(H,59,68)(H,60,71). The second-order valence-corrected chi connectivity index (χ2v) is 24.2. The first-order chi connectivity index (χ1) is 34.9. The number of halogens is 1. The molecule has 4 fully saturated rings. The van der Waals surface area contributed by atoms with Gasteiger partial charge < -0.3 is 34.8 Å². The summed E-state index contributed by atoms with van der Waals surface area (Å²) in [6, 6.07) is 18.8. The van der Waals surface area contributed by atoms with Crippen LogP contribution in [0.25, 0.3) is 38.2 Å². The van der Waals surface area contributed by atoms with Crippen LogP contribution in [0.2, 0.25) is 0 Å². The maximum Gasteiger partial charge on any atom is 0.283 e. The van der Waals surface area contributed by atoms with Crippen LogP contribution in [0.3, 0.4) is 0 Å². The van der Waals surface area contributed by atoms with E-state index in [1.807, 2.05) is 94.7 Å². The molecular weight excluding hydrogens is 1010 g/mol. The van der Waals surface area contributed by atoms with Gasteiger partial charge in [-0.25, -0.2) is 4.98 Å². The Labute approximate surface area is 439 Å². The molecule has 10 rings (SSSR count). The largest absolute Gasteiger partial charge is 0.391 e. The number of likely N-dealkylation sites (N-methyl/N-ethyl adjacent to an activating group) is 1. The number of benzene rings is 3. The summed E-state index contributed by atoms with van der Waals surface area (Å²) >= 11 is 5.20. The van der Waals surface area contributed by atoms with Crippen molar-refractivity contribution in [1.82, 2.24) is 44.3 Å². The van der Waals surface area contributed by atoms with Gasteiger partial charge in [0.25, 0.3) is 5.56 Å². The molecule has 3 aromatic heterocycles. The summed E-state index contributed by atoms with van der Waals surface area (Å²) in [5.74, 6) is 0.139. The van der Waals surface area contributed by atoms with Gasteiger partial charge in [0.2, 0.25) is 23.5 Å². The van der Waals surface area contributed by atoms with Crippen molar-refractivity contribution in [2.75, 3.05) is 46.9 Å². The Morgan fingerprint density at radius 3 is 2.36 bits per heavy atom. The van der Waals surface area contributed by atoms with Crippen molar-refractivity contribution in [3.8, 4) is 10.4 Å². The van der Waals surface area contributed by atoms with Gasteiger partial charge in [0, 0.05) is 30.0 Å². The van der Waals surface area contributed by atoms with Crippen molar-refractivity contribution in [2.24, 2.45) is 5.41 Å². The van der Waals surface area contributed by atoms with Crippen molar-refractivity contribution in [3.05, 3.63) is 97.8 Å². The number of nitrogens with zero attached hydrogens (tertiary/aromatic N) is 7. The SMILES string of the molecule is Cc1ncsc1-c1ccc(C(COC(C)CN2CCC(c3ccc4c(c3)n(C3CCCC3)c3nc(=O)c5c(Br)cccc5n43)CC2)NC(=O)C2CC(O)CN2C(=O)C(NC(=O)C2(N(C)C)CC2)C(C)(C)C)cc1. The second kappa shape index (κ2) is 20.6. The average molecular weight is 1080 g/mol. The summed E-state index contributed by atoms with van der Waals surface area (Å²) < 4.78 is 11.9. The van der Waals surface area contributed by atoms with Crippen LogP contribution in [0.5, 0.6) is 0 Å². The van der Waals surface area contributed by atoms with E-state index in [4.69, 9.17) is 9.72 Å². The molecule has 17 heteroatoms. The molecule has 2 saturated heterocycles. The van der Waals surface area contributed by atoms with Gasteiger partial charge in [-0.15, -0.1) is 11.3 Å². The Bertz CT molecular complexity index is 3090. The first kappa shape index (κ1) is 51.4. The summed E-state index contributed by atoms with van der Waals surface area (Å²) in [4.78, 5) is 72.2. The third-order valence-electron chi connectivity index (χ3n) is 16.3. The molecule has 2 aliphatic carbocycles.